The fourth-order valence-corrected chi connectivity index (χ4v) is 3.73. The number of rotatable bonds is 6. The molecular weight excluding hydrogens is 336 g/mol. The van der Waals surface area contributed by atoms with Crippen LogP contribution in [0.1, 0.15) is 49.9 Å². The monoisotopic (exact) mass is 362 g/mol. The molecule has 4 rings (SSSR count). The summed E-state index contributed by atoms with van der Waals surface area (Å²) in [6, 6.07) is 8.17. The molecule has 3 aromatic heterocycles. The van der Waals surface area contributed by atoms with Gasteiger partial charge in [-0.05, 0) is 55.6 Å². The van der Waals surface area contributed by atoms with Gasteiger partial charge in [0.15, 0.2) is 11.6 Å². The van der Waals surface area contributed by atoms with Crippen LogP contribution in [0.3, 0.4) is 0 Å². The van der Waals surface area contributed by atoms with E-state index in [4.69, 9.17) is 10.1 Å². The van der Waals surface area contributed by atoms with Crippen LogP contribution in [0.2, 0.25) is 0 Å². The Morgan fingerprint density at radius 3 is 2.37 bits per heavy atom. The number of hydrogen-bond acceptors (Lipinski definition) is 5. The molecule has 6 nitrogen and oxygen atoms in total. The Morgan fingerprint density at radius 2 is 1.74 bits per heavy atom. The highest BCUT2D eigenvalue weighted by molar-refractivity contribution is 5.32. The summed E-state index contributed by atoms with van der Waals surface area (Å²) in [5.74, 6) is 2.34. The van der Waals surface area contributed by atoms with Crippen molar-refractivity contribution in [2.24, 2.45) is 5.92 Å². The number of pyridine rings is 2. The molecule has 1 atom stereocenters. The molecule has 0 bridgehead atoms. The summed E-state index contributed by atoms with van der Waals surface area (Å²) in [6.45, 7) is 6.53. The zero-order valence-corrected chi connectivity index (χ0v) is 16.0. The molecule has 0 amide bonds. The van der Waals surface area contributed by atoms with Gasteiger partial charge >= 0.3 is 0 Å². The molecule has 0 aliphatic carbocycles. The fourth-order valence-electron chi connectivity index (χ4n) is 3.73. The molecule has 1 aliphatic rings. The zero-order valence-electron chi connectivity index (χ0n) is 16.0. The van der Waals surface area contributed by atoms with Crippen molar-refractivity contribution >= 4 is 0 Å². The van der Waals surface area contributed by atoms with E-state index in [1.165, 1.54) is 12.8 Å². The van der Waals surface area contributed by atoms with E-state index in [-0.39, 0.29) is 6.04 Å². The molecule has 1 fully saturated rings. The summed E-state index contributed by atoms with van der Waals surface area (Å²) in [7, 11) is 0. The van der Waals surface area contributed by atoms with E-state index < -0.39 is 0 Å². The normalized spacial score (nSPS) is 16.1. The van der Waals surface area contributed by atoms with Crippen LogP contribution in [0.5, 0.6) is 0 Å². The smallest absolute Gasteiger partial charge is 0.154 e. The van der Waals surface area contributed by atoms with Crippen LogP contribution in [0.15, 0.2) is 49.1 Å². The van der Waals surface area contributed by atoms with Gasteiger partial charge in [0, 0.05) is 25.0 Å². The lowest BCUT2D eigenvalue weighted by atomic mass is 10.1. The van der Waals surface area contributed by atoms with Gasteiger partial charge < -0.3 is 0 Å². The van der Waals surface area contributed by atoms with Crippen LogP contribution in [-0.2, 0) is 6.42 Å². The summed E-state index contributed by atoms with van der Waals surface area (Å²) < 4.78 is 1.97. The van der Waals surface area contributed by atoms with Gasteiger partial charge in [-0.1, -0.05) is 19.9 Å². The Kier molecular flexibility index (Phi) is 5.25. The van der Waals surface area contributed by atoms with Gasteiger partial charge in [0.2, 0.25) is 0 Å². The Morgan fingerprint density at radius 1 is 1.00 bits per heavy atom. The molecule has 0 N–H and O–H groups in total. The molecule has 1 saturated heterocycles. The number of likely N-dealkylation sites (tertiary alicyclic amines) is 1. The lowest BCUT2D eigenvalue weighted by Gasteiger charge is -2.27. The lowest BCUT2D eigenvalue weighted by molar-refractivity contribution is 0.268. The molecule has 0 aromatic carbocycles. The van der Waals surface area contributed by atoms with E-state index in [2.05, 4.69) is 34.8 Å². The van der Waals surface area contributed by atoms with Gasteiger partial charge in [-0.3, -0.25) is 14.9 Å². The van der Waals surface area contributed by atoms with Crippen molar-refractivity contribution in [3.63, 3.8) is 0 Å². The third kappa shape index (κ3) is 3.90. The van der Waals surface area contributed by atoms with Crippen LogP contribution >= 0.6 is 0 Å². The topological polar surface area (TPSA) is 59.7 Å². The highest BCUT2D eigenvalue weighted by Gasteiger charge is 2.30. The van der Waals surface area contributed by atoms with E-state index in [1.807, 2.05) is 41.5 Å². The zero-order chi connectivity index (χ0) is 18.6. The largest absolute Gasteiger partial charge is 0.290 e. The van der Waals surface area contributed by atoms with Gasteiger partial charge in [-0.25, -0.2) is 9.67 Å². The van der Waals surface area contributed by atoms with Gasteiger partial charge in [0.1, 0.15) is 0 Å². The Balaban J connectivity index is 1.84. The molecule has 1 aliphatic heterocycles. The van der Waals surface area contributed by atoms with Crippen molar-refractivity contribution in [1.29, 1.82) is 0 Å². The molecule has 27 heavy (non-hydrogen) atoms. The van der Waals surface area contributed by atoms with Crippen molar-refractivity contribution in [1.82, 2.24) is 29.6 Å². The summed E-state index contributed by atoms with van der Waals surface area (Å²) in [6.07, 6.45) is 10.7. The third-order valence-electron chi connectivity index (χ3n) is 4.91. The molecule has 0 unspecified atom stereocenters. The fraction of sp³-hybridized carbons (Fsp3) is 0.429. The second-order valence-corrected chi connectivity index (χ2v) is 7.54. The van der Waals surface area contributed by atoms with E-state index >= 15 is 0 Å². The Labute approximate surface area is 160 Å². The average molecular weight is 362 g/mol. The van der Waals surface area contributed by atoms with Crippen LogP contribution < -0.4 is 0 Å². The maximum absolute atomic E-state index is 5.00. The number of aromatic nitrogens is 5. The van der Waals surface area contributed by atoms with Gasteiger partial charge in [-0.15, -0.1) is 0 Å². The first-order valence-electron chi connectivity index (χ1n) is 9.72. The first-order chi connectivity index (χ1) is 13.2. The van der Waals surface area contributed by atoms with Crippen LogP contribution in [0.4, 0.5) is 0 Å². The molecule has 0 saturated carbocycles. The SMILES string of the molecule is CC(C)Cc1nc([C@@H](c2cccnc2)N2CCCC2)n(-c2cccnc2)n1. The third-order valence-corrected chi connectivity index (χ3v) is 4.91. The predicted molar refractivity (Wildman–Crippen MR) is 105 cm³/mol. The van der Waals surface area contributed by atoms with E-state index in [0.29, 0.717) is 5.92 Å². The van der Waals surface area contributed by atoms with Crippen LogP contribution in [0, 0.1) is 5.92 Å². The summed E-state index contributed by atoms with van der Waals surface area (Å²) >= 11 is 0. The lowest BCUT2D eigenvalue weighted by Crippen LogP contribution is -2.29. The predicted octanol–water partition coefficient (Wildman–Crippen LogP) is 3.44. The minimum absolute atomic E-state index is 0.0508. The van der Waals surface area contributed by atoms with Gasteiger partial charge in [0.05, 0.1) is 17.9 Å². The summed E-state index contributed by atoms with van der Waals surface area (Å²) in [5, 5.41) is 4.86. The van der Waals surface area contributed by atoms with Crippen molar-refractivity contribution in [3.8, 4) is 5.69 Å². The van der Waals surface area contributed by atoms with E-state index in [9.17, 15) is 0 Å². The van der Waals surface area contributed by atoms with Crippen molar-refractivity contribution in [2.75, 3.05) is 13.1 Å². The molecule has 4 heterocycles. The number of hydrogen-bond donors (Lipinski definition) is 0. The average Bonchev–Trinajstić information content (AvgIpc) is 3.34. The minimum atomic E-state index is 0.0508. The van der Waals surface area contributed by atoms with Crippen molar-refractivity contribution < 1.29 is 0 Å². The molecule has 0 spiro atoms. The highest BCUT2D eigenvalue weighted by Crippen LogP contribution is 2.31. The van der Waals surface area contributed by atoms with Crippen molar-refractivity contribution in [3.05, 3.63) is 66.3 Å². The summed E-state index contributed by atoms with van der Waals surface area (Å²) in [5.41, 5.74) is 2.11. The van der Waals surface area contributed by atoms with Gasteiger partial charge in [0.25, 0.3) is 0 Å². The highest BCUT2D eigenvalue weighted by atomic mass is 15.4. The maximum Gasteiger partial charge on any atom is 0.154 e. The quantitative estimate of drug-likeness (QED) is 0.672. The van der Waals surface area contributed by atoms with Crippen LogP contribution in [0.25, 0.3) is 5.69 Å². The minimum Gasteiger partial charge on any atom is -0.290 e. The maximum atomic E-state index is 5.00. The standard InChI is InChI=1S/C21H26N6/c1-16(2)13-19-24-21(27(25-19)18-8-6-10-23-15-18)20(26-11-3-4-12-26)17-7-5-9-22-14-17/h5-10,14-16,20H,3-4,11-13H2,1-2H3/t20-/m1/s1. The van der Waals surface area contributed by atoms with E-state index in [1.54, 1.807) is 6.20 Å². The van der Waals surface area contributed by atoms with E-state index in [0.717, 1.165) is 42.4 Å². The molecule has 0 radical (unpaired) electrons. The first-order valence-corrected chi connectivity index (χ1v) is 9.72. The Bertz CT molecular complexity index is 853. The van der Waals surface area contributed by atoms with Crippen LogP contribution in [-0.4, -0.2) is 42.7 Å². The van der Waals surface area contributed by atoms with Crippen molar-refractivity contribution in [2.45, 2.75) is 39.2 Å². The Hall–Kier alpha value is -2.60. The molecular formula is C21H26N6. The molecule has 6 heteroatoms. The summed E-state index contributed by atoms with van der Waals surface area (Å²) in [4.78, 5) is 16.1. The first kappa shape index (κ1) is 17.8. The second-order valence-electron chi connectivity index (χ2n) is 7.54. The van der Waals surface area contributed by atoms with Gasteiger partial charge in [-0.2, -0.15) is 5.10 Å². The second kappa shape index (κ2) is 7.96. The number of nitrogens with zero attached hydrogens (tertiary/aromatic N) is 6. The molecule has 140 valence electrons. The molecule has 3 aromatic rings.